The largest absolute Gasteiger partial charge is 0.491 e. The number of β-amino-alcohol motifs (C(OH)–C–C–N with tert-alkyl or cyclic N) is 1. The summed E-state index contributed by atoms with van der Waals surface area (Å²) in [5, 5.41) is 13.0. The van der Waals surface area contributed by atoms with Crippen LogP contribution in [0.3, 0.4) is 0 Å². The molecule has 0 saturated carbocycles. The fourth-order valence-corrected chi connectivity index (χ4v) is 3.43. The van der Waals surface area contributed by atoms with Crippen molar-refractivity contribution in [1.82, 2.24) is 10.2 Å². The molecule has 1 aliphatic heterocycles. The molecule has 2 N–H and O–H groups in total. The van der Waals surface area contributed by atoms with Gasteiger partial charge in [-0.3, -0.25) is 14.5 Å². The molecule has 0 aromatic heterocycles. The first-order valence-electron chi connectivity index (χ1n) is 10.3. The molecule has 0 bridgehead atoms. The topological polar surface area (TPSA) is 95.9 Å². The monoisotopic (exact) mass is 404 g/mol. The number of urea groups is 1. The maximum absolute atomic E-state index is 12.7. The molecule has 2 atom stereocenters. The smallest absolute Gasteiger partial charge is 0.325 e. The molecule has 7 heteroatoms. The van der Waals surface area contributed by atoms with E-state index < -0.39 is 17.7 Å². The number of nitrogens with one attached hydrogen (secondary N) is 1. The lowest BCUT2D eigenvalue weighted by Crippen LogP contribution is -2.45. The number of hydrogen-bond acceptors (Lipinski definition) is 5. The Morgan fingerprint density at radius 3 is 2.66 bits per heavy atom. The normalized spacial score (nSPS) is 19.9. The molecule has 1 saturated heterocycles. The Morgan fingerprint density at radius 2 is 1.97 bits per heavy atom. The third kappa shape index (κ3) is 6.29. The standard InChI is InChI=1S/C22H32N2O5/c1-4-5-6-7-8-12-22(3)20(27)24(21(28)23-22)14-18(26)15-29-19-11-9-10-17(13-19)16(2)25/h9-11,13,18,26H,4-8,12,14-15H2,1-3H3,(H,23,28)/t18-,22+/m0/s1. The van der Waals surface area contributed by atoms with Gasteiger partial charge in [0.05, 0.1) is 6.54 Å². The van der Waals surface area contributed by atoms with Gasteiger partial charge in [0.2, 0.25) is 0 Å². The van der Waals surface area contributed by atoms with Crippen LogP contribution in [0.5, 0.6) is 5.75 Å². The van der Waals surface area contributed by atoms with Gasteiger partial charge in [0.1, 0.15) is 24.0 Å². The third-order valence-electron chi connectivity index (χ3n) is 5.20. The highest BCUT2D eigenvalue weighted by atomic mass is 16.5. The Kier molecular flexibility index (Phi) is 8.20. The number of benzene rings is 1. The van der Waals surface area contributed by atoms with Crippen molar-refractivity contribution in [3.05, 3.63) is 29.8 Å². The SMILES string of the molecule is CCCCCCC[C@@]1(C)NC(=O)N(C[C@H](O)COc2cccc(C(C)=O)c2)C1=O. The van der Waals surface area contributed by atoms with E-state index >= 15 is 0 Å². The van der Waals surface area contributed by atoms with Crippen LogP contribution >= 0.6 is 0 Å². The number of carbonyl (C=O) groups is 3. The van der Waals surface area contributed by atoms with Crippen molar-refractivity contribution in [3.8, 4) is 5.75 Å². The summed E-state index contributed by atoms with van der Waals surface area (Å²) >= 11 is 0. The lowest BCUT2D eigenvalue weighted by molar-refractivity contribution is -0.132. The van der Waals surface area contributed by atoms with Crippen LogP contribution < -0.4 is 10.1 Å². The van der Waals surface area contributed by atoms with Gasteiger partial charge in [-0.05, 0) is 32.4 Å². The molecule has 0 spiro atoms. The van der Waals surface area contributed by atoms with Gasteiger partial charge >= 0.3 is 6.03 Å². The Labute approximate surface area is 172 Å². The lowest BCUT2D eigenvalue weighted by Gasteiger charge is -2.22. The highest BCUT2D eigenvalue weighted by molar-refractivity contribution is 6.06. The van der Waals surface area contributed by atoms with Crippen molar-refractivity contribution in [2.75, 3.05) is 13.2 Å². The molecule has 29 heavy (non-hydrogen) atoms. The van der Waals surface area contributed by atoms with Gasteiger partial charge in [-0.2, -0.15) is 0 Å². The fourth-order valence-electron chi connectivity index (χ4n) is 3.43. The molecule has 1 aromatic rings. The summed E-state index contributed by atoms with van der Waals surface area (Å²) in [5.74, 6) is 0.0609. The van der Waals surface area contributed by atoms with Crippen molar-refractivity contribution >= 4 is 17.7 Å². The van der Waals surface area contributed by atoms with Gasteiger partial charge in [0, 0.05) is 5.56 Å². The third-order valence-corrected chi connectivity index (χ3v) is 5.20. The number of hydrogen-bond donors (Lipinski definition) is 2. The average Bonchev–Trinajstić information content (AvgIpc) is 2.89. The maximum Gasteiger partial charge on any atom is 0.325 e. The van der Waals surface area contributed by atoms with Crippen LogP contribution in [0.1, 0.15) is 69.7 Å². The number of aliphatic hydroxyl groups is 1. The van der Waals surface area contributed by atoms with E-state index in [0.717, 1.165) is 30.6 Å². The number of ether oxygens (including phenoxy) is 1. The van der Waals surface area contributed by atoms with Crippen LogP contribution in [-0.4, -0.2) is 52.5 Å². The highest BCUT2D eigenvalue weighted by Gasteiger charge is 2.47. The first-order chi connectivity index (χ1) is 13.8. The Morgan fingerprint density at radius 1 is 1.24 bits per heavy atom. The molecule has 0 unspecified atom stereocenters. The molecule has 7 nitrogen and oxygen atoms in total. The predicted molar refractivity (Wildman–Crippen MR) is 110 cm³/mol. The van der Waals surface area contributed by atoms with Gasteiger partial charge in [-0.15, -0.1) is 0 Å². The number of carbonyl (C=O) groups excluding carboxylic acids is 3. The number of Topliss-reactive ketones (excluding diaryl/α,β-unsaturated/α-hetero) is 1. The first-order valence-corrected chi connectivity index (χ1v) is 10.3. The van der Waals surface area contributed by atoms with E-state index in [0.29, 0.717) is 17.7 Å². The molecule has 1 heterocycles. The van der Waals surface area contributed by atoms with E-state index in [2.05, 4.69) is 12.2 Å². The number of nitrogens with zero attached hydrogens (tertiary/aromatic N) is 1. The van der Waals surface area contributed by atoms with Crippen LogP contribution in [0.25, 0.3) is 0 Å². The minimum atomic E-state index is -1.03. The number of imide groups is 1. The molecule has 1 fully saturated rings. The van der Waals surface area contributed by atoms with Crippen molar-refractivity contribution in [1.29, 1.82) is 0 Å². The van der Waals surface area contributed by atoms with Crippen molar-refractivity contribution in [2.24, 2.45) is 0 Å². The van der Waals surface area contributed by atoms with Crippen LogP contribution in [-0.2, 0) is 4.79 Å². The van der Waals surface area contributed by atoms with Crippen LogP contribution in [0.15, 0.2) is 24.3 Å². The highest BCUT2D eigenvalue weighted by Crippen LogP contribution is 2.24. The summed E-state index contributed by atoms with van der Waals surface area (Å²) in [6.07, 6.45) is 4.90. The number of rotatable bonds is 12. The second-order valence-corrected chi connectivity index (χ2v) is 7.89. The van der Waals surface area contributed by atoms with Gasteiger partial charge in [0.15, 0.2) is 5.78 Å². The molecule has 1 aliphatic rings. The molecule has 0 aliphatic carbocycles. The zero-order valence-corrected chi connectivity index (χ0v) is 17.6. The van der Waals surface area contributed by atoms with Crippen LogP contribution in [0.2, 0.25) is 0 Å². The fraction of sp³-hybridized carbons (Fsp3) is 0.591. The molecule has 0 radical (unpaired) electrons. The van der Waals surface area contributed by atoms with E-state index in [4.69, 9.17) is 4.74 Å². The van der Waals surface area contributed by atoms with Gasteiger partial charge < -0.3 is 15.2 Å². The molecular formula is C22H32N2O5. The summed E-state index contributed by atoms with van der Waals surface area (Å²) in [4.78, 5) is 37.5. The quantitative estimate of drug-likeness (QED) is 0.317. The zero-order chi connectivity index (χ0) is 21.4. The van der Waals surface area contributed by atoms with Gasteiger partial charge in [-0.25, -0.2) is 4.79 Å². The Hall–Kier alpha value is -2.41. The number of aliphatic hydroxyl groups excluding tert-OH is 1. The van der Waals surface area contributed by atoms with Crippen molar-refractivity contribution < 1.29 is 24.2 Å². The Bertz CT molecular complexity index is 736. The van der Waals surface area contributed by atoms with Crippen LogP contribution in [0.4, 0.5) is 4.79 Å². The predicted octanol–water partition coefficient (Wildman–Crippen LogP) is 3.30. The summed E-state index contributed by atoms with van der Waals surface area (Å²) in [6.45, 7) is 5.12. The van der Waals surface area contributed by atoms with E-state index in [1.54, 1.807) is 31.2 Å². The van der Waals surface area contributed by atoms with Crippen molar-refractivity contribution in [2.45, 2.75) is 70.9 Å². The van der Waals surface area contributed by atoms with E-state index in [9.17, 15) is 19.5 Å². The van der Waals surface area contributed by atoms with E-state index in [1.165, 1.54) is 13.3 Å². The molecular weight excluding hydrogens is 372 g/mol. The second-order valence-electron chi connectivity index (χ2n) is 7.89. The van der Waals surface area contributed by atoms with Crippen LogP contribution in [0, 0.1) is 0 Å². The summed E-state index contributed by atoms with van der Waals surface area (Å²) < 4.78 is 5.52. The van der Waals surface area contributed by atoms with E-state index in [-0.39, 0.29) is 24.8 Å². The molecule has 160 valence electrons. The lowest BCUT2D eigenvalue weighted by atomic mass is 9.94. The number of unbranched alkanes of at least 4 members (excludes halogenated alkanes) is 4. The number of ketones is 1. The first kappa shape index (κ1) is 22.9. The molecule has 3 amide bonds. The van der Waals surface area contributed by atoms with Crippen molar-refractivity contribution in [3.63, 3.8) is 0 Å². The maximum atomic E-state index is 12.7. The minimum absolute atomic E-state index is 0.0793. The molecule has 2 rings (SSSR count). The minimum Gasteiger partial charge on any atom is -0.491 e. The van der Waals surface area contributed by atoms with Gasteiger partial charge in [0.25, 0.3) is 5.91 Å². The zero-order valence-electron chi connectivity index (χ0n) is 17.6. The summed E-state index contributed by atoms with van der Waals surface area (Å²) in [6, 6.07) is 6.17. The summed E-state index contributed by atoms with van der Waals surface area (Å²) in [7, 11) is 0. The van der Waals surface area contributed by atoms with E-state index in [1.807, 2.05) is 0 Å². The number of amides is 3. The Balaban J connectivity index is 1.85. The second kappa shape index (κ2) is 10.4. The molecule has 1 aromatic carbocycles. The van der Waals surface area contributed by atoms with Gasteiger partial charge in [-0.1, -0.05) is 51.2 Å². The average molecular weight is 405 g/mol. The summed E-state index contributed by atoms with van der Waals surface area (Å²) in [5.41, 5.74) is -0.402.